The van der Waals surface area contributed by atoms with Gasteiger partial charge < -0.3 is 9.47 Å². The maximum Gasteiger partial charge on any atom is 0.252 e. The number of aromatic nitrogens is 5. The summed E-state index contributed by atoms with van der Waals surface area (Å²) in [5.74, 6) is 5.98. The van der Waals surface area contributed by atoms with Gasteiger partial charge in [-0.2, -0.15) is 5.10 Å². The molecule has 1 fully saturated rings. The topological polar surface area (TPSA) is 72.1 Å². The van der Waals surface area contributed by atoms with Crippen molar-refractivity contribution in [3.8, 4) is 11.8 Å². The Balaban J connectivity index is 1.47. The molecule has 186 valence electrons. The van der Waals surface area contributed by atoms with Gasteiger partial charge in [0, 0.05) is 38.3 Å². The zero-order valence-corrected chi connectivity index (χ0v) is 21.6. The highest BCUT2D eigenvalue weighted by Crippen LogP contribution is 2.33. The van der Waals surface area contributed by atoms with E-state index in [0.717, 1.165) is 53.0 Å². The van der Waals surface area contributed by atoms with Gasteiger partial charge in [-0.1, -0.05) is 25.0 Å². The highest BCUT2D eigenvalue weighted by atomic mass is 16.1. The van der Waals surface area contributed by atoms with E-state index in [1.165, 1.54) is 0 Å². The van der Waals surface area contributed by atoms with Gasteiger partial charge in [-0.25, -0.2) is 4.98 Å². The van der Waals surface area contributed by atoms with Crippen LogP contribution in [0.4, 0.5) is 5.69 Å². The number of rotatable bonds is 5. The Morgan fingerprint density at radius 1 is 1.19 bits per heavy atom. The van der Waals surface area contributed by atoms with E-state index in [1.807, 2.05) is 48.3 Å². The van der Waals surface area contributed by atoms with E-state index in [9.17, 15) is 4.79 Å². The Labute approximate surface area is 211 Å². The molecule has 0 amide bonds. The molecule has 36 heavy (non-hydrogen) atoms. The van der Waals surface area contributed by atoms with Gasteiger partial charge in [-0.3, -0.25) is 19.4 Å². The predicted octanol–water partition coefficient (Wildman–Crippen LogP) is 3.75. The van der Waals surface area contributed by atoms with Crippen LogP contribution in [0.2, 0.25) is 0 Å². The maximum absolute atomic E-state index is 12.9. The number of piperazine rings is 1. The van der Waals surface area contributed by atoms with Crippen molar-refractivity contribution >= 4 is 27.8 Å². The lowest BCUT2D eigenvalue weighted by molar-refractivity contribution is 0.104. The standard InChI is InChI=1S/C28H33N7O/c1-6-8-13-33-18-26-28(31-33)25(14-27(36)32(26)5)34-17-21(7-2)35(16-19(34)3)20(4)24-15-29-22-11-9-10-12-23(22)30-24/h9-12,14-15,18-21H,7,13,16-17H2,1-5H3/t19-,20+,21+/m0/s1. The number of para-hydroxylation sites is 2. The molecule has 0 N–H and O–H groups in total. The van der Waals surface area contributed by atoms with E-state index < -0.39 is 0 Å². The molecule has 5 rings (SSSR count). The number of anilines is 1. The third-order valence-electron chi connectivity index (χ3n) is 7.41. The lowest BCUT2D eigenvalue weighted by Gasteiger charge is -2.48. The fourth-order valence-corrected chi connectivity index (χ4v) is 5.28. The molecule has 1 aromatic carbocycles. The van der Waals surface area contributed by atoms with Crippen molar-refractivity contribution in [2.45, 2.75) is 58.8 Å². The summed E-state index contributed by atoms with van der Waals surface area (Å²) in [6, 6.07) is 10.4. The number of hydrogen-bond acceptors (Lipinski definition) is 6. The van der Waals surface area contributed by atoms with E-state index >= 15 is 0 Å². The molecule has 1 saturated heterocycles. The minimum atomic E-state index is -0.0268. The van der Waals surface area contributed by atoms with Gasteiger partial charge >= 0.3 is 0 Å². The zero-order chi connectivity index (χ0) is 25.4. The largest absolute Gasteiger partial charge is 0.364 e. The molecule has 3 atom stereocenters. The van der Waals surface area contributed by atoms with Crippen LogP contribution < -0.4 is 10.5 Å². The van der Waals surface area contributed by atoms with Crippen molar-refractivity contribution in [2.24, 2.45) is 7.05 Å². The van der Waals surface area contributed by atoms with Crippen LogP contribution in [0.3, 0.4) is 0 Å². The predicted molar refractivity (Wildman–Crippen MR) is 144 cm³/mol. The van der Waals surface area contributed by atoms with Crippen LogP contribution in [-0.4, -0.2) is 54.4 Å². The number of aryl methyl sites for hydroxylation is 1. The molecule has 1 aliphatic heterocycles. The first-order valence-electron chi connectivity index (χ1n) is 12.6. The number of hydrogen-bond donors (Lipinski definition) is 0. The highest BCUT2D eigenvalue weighted by Gasteiger charge is 2.35. The van der Waals surface area contributed by atoms with E-state index in [0.29, 0.717) is 12.6 Å². The number of nitrogens with zero attached hydrogens (tertiary/aromatic N) is 7. The molecule has 1 aliphatic rings. The fourth-order valence-electron chi connectivity index (χ4n) is 5.28. The van der Waals surface area contributed by atoms with Gasteiger partial charge in [-0.05, 0) is 39.3 Å². The molecule has 0 radical (unpaired) electrons. The average molecular weight is 484 g/mol. The van der Waals surface area contributed by atoms with Gasteiger partial charge in [-0.15, -0.1) is 5.92 Å². The summed E-state index contributed by atoms with van der Waals surface area (Å²) in [6.45, 7) is 10.7. The van der Waals surface area contributed by atoms with Crippen LogP contribution in [0.1, 0.15) is 45.9 Å². The molecule has 4 aromatic rings. The number of benzene rings is 1. The van der Waals surface area contributed by atoms with Gasteiger partial charge in [0.05, 0.1) is 46.4 Å². The molecule has 0 spiro atoms. The highest BCUT2D eigenvalue weighted by molar-refractivity contribution is 5.88. The van der Waals surface area contributed by atoms with Gasteiger partial charge in [0.2, 0.25) is 0 Å². The first-order chi connectivity index (χ1) is 17.4. The van der Waals surface area contributed by atoms with Crippen LogP contribution in [0.25, 0.3) is 22.1 Å². The summed E-state index contributed by atoms with van der Waals surface area (Å²) in [7, 11) is 1.80. The molecule has 0 unspecified atom stereocenters. The van der Waals surface area contributed by atoms with Crippen LogP contribution in [0.5, 0.6) is 0 Å². The minimum absolute atomic E-state index is 0.0268. The first-order valence-corrected chi connectivity index (χ1v) is 12.6. The van der Waals surface area contributed by atoms with Crippen molar-refractivity contribution in [3.63, 3.8) is 0 Å². The zero-order valence-electron chi connectivity index (χ0n) is 21.6. The van der Waals surface area contributed by atoms with Gasteiger partial charge in [0.15, 0.2) is 0 Å². The quantitative estimate of drug-likeness (QED) is 0.403. The fraction of sp³-hybridized carbons (Fsp3) is 0.429. The van der Waals surface area contributed by atoms with Crippen LogP contribution >= 0.6 is 0 Å². The smallest absolute Gasteiger partial charge is 0.252 e. The second kappa shape index (κ2) is 9.75. The minimum Gasteiger partial charge on any atom is -0.364 e. The van der Waals surface area contributed by atoms with E-state index in [-0.39, 0.29) is 17.6 Å². The Hall–Kier alpha value is -3.70. The van der Waals surface area contributed by atoms with Crippen molar-refractivity contribution < 1.29 is 0 Å². The van der Waals surface area contributed by atoms with Gasteiger partial charge in [0.1, 0.15) is 12.1 Å². The molecule has 4 heterocycles. The maximum atomic E-state index is 12.9. The Bertz CT molecular complexity index is 1530. The van der Waals surface area contributed by atoms with E-state index in [2.05, 4.69) is 47.4 Å². The number of fused-ring (bicyclic) bond motifs is 2. The molecule has 0 bridgehead atoms. The second-order valence-electron chi connectivity index (χ2n) is 9.63. The van der Waals surface area contributed by atoms with Gasteiger partial charge in [0.25, 0.3) is 5.56 Å². The second-order valence-corrected chi connectivity index (χ2v) is 9.63. The lowest BCUT2D eigenvalue weighted by Crippen LogP contribution is -2.58. The Kier molecular flexibility index (Phi) is 6.50. The molecule has 8 heteroatoms. The SMILES string of the molecule is CC#CCn1cc2c(n1)c(N1C[C@@H](CC)N([C@H](C)c3cnc4ccccc4n3)C[C@@H]1C)cc(=O)n2C. The lowest BCUT2D eigenvalue weighted by atomic mass is 10.0. The van der Waals surface area contributed by atoms with Crippen molar-refractivity contribution in [1.82, 2.24) is 29.2 Å². The van der Waals surface area contributed by atoms with E-state index in [1.54, 1.807) is 17.7 Å². The Morgan fingerprint density at radius 3 is 2.72 bits per heavy atom. The normalized spacial score (nSPS) is 19.4. The first kappa shape index (κ1) is 24.0. The summed E-state index contributed by atoms with van der Waals surface area (Å²) in [5.41, 5.74) is 5.38. The molecular formula is C28H33N7O. The Morgan fingerprint density at radius 2 is 1.97 bits per heavy atom. The molecule has 8 nitrogen and oxygen atoms in total. The molecule has 0 saturated carbocycles. The summed E-state index contributed by atoms with van der Waals surface area (Å²) in [4.78, 5) is 27.4. The molecule has 0 aliphatic carbocycles. The molecular weight excluding hydrogens is 450 g/mol. The van der Waals surface area contributed by atoms with Crippen molar-refractivity contribution in [1.29, 1.82) is 0 Å². The number of pyridine rings is 1. The monoisotopic (exact) mass is 483 g/mol. The summed E-state index contributed by atoms with van der Waals surface area (Å²) in [5, 5.41) is 4.82. The third kappa shape index (κ3) is 4.24. The average Bonchev–Trinajstić information content (AvgIpc) is 3.33. The van der Waals surface area contributed by atoms with Crippen molar-refractivity contribution in [3.05, 3.63) is 58.8 Å². The molecule has 3 aromatic heterocycles. The summed E-state index contributed by atoms with van der Waals surface area (Å²) >= 11 is 0. The van der Waals surface area contributed by atoms with E-state index in [4.69, 9.17) is 10.1 Å². The van der Waals surface area contributed by atoms with Crippen LogP contribution in [-0.2, 0) is 13.6 Å². The van der Waals surface area contributed by atoms with Crippen LogP contribution in [0, 0.1) is 11.8 Å². The summed E-state index contributed by atoms with van der Waals surface area (Å²) < 4.78 is 3.49. The van der Waals surface area contributed by atoms with Crippen LogP contribution in [0.15, 0.2) is 47.5 Å². The summed E-state index contributed by atoms with van der Waals surface area (Å²) in [6.07, 6.45) is 4.82. The van der Waals surface area contributed by atoms with Crippen molar-refractivity contribution in [2.75, 3.05) is 18.0 Å². The third-order valence-corrected chi connectivity index (χ3v) is 7.41.